The van der Waals surface area contributed by atoms with Crippen molar-refractivity contribution in [2.45, 2.75) is 58.5 Å². The quantitative estimate of drug-likeness (QED) is 0.212. The molecule has 8 nitrogen and oxygen atoms in total. The van der Waals surface area contributed by atoms with Gasteiger partial charge in [0.2, 0.25) is 0 Å². The lowest BCUT2D eigenvalue weighted by Crippen LogP contribution is -2.26. The number of hydrogen-bond acceptors (Lipinski definition) is 6. The van der Waals surface area contributed by atoms with Crippen molar-refractivity contribution < 1.29 is 28.5 Å². The number of ether oxygens (including phenoxy) is 3. The lowest BCUT2D eigenvalue weighted by Gasteiger charge is -2.23. The first kappa shape index (κ1) is 28.6. The Bertz CT molecular complexity index is 1480. The first-order valence-electron chi connectivity index (χ1n) is 14.1. The number of aliphatic hydroxyl groups is 1. The van der Waals surface area contributed by atoms with Crippen molar-refractivity contribution in [2.24, 2.45) is 0 Å². The fourth-order valence-electron chi connectivity index (χ4n) is 5.06. The summed E-state index contributed by atoms with van der Waals surface area (Å²) >= 11 is 0. The Balaban J connectivity index is 1.29. The summed E-state index contributed by atoms with van der Waals surface area (Å²) in [6.07, 6.45) is 1.99. The van der Waals surface area contributed by atoms with Gasteiger partial charge in [0.25, 0.3) is 0 Å². The number of halogens is 1. The van der Waals surface area contributed by atoms with Gasteiger partial charge in [-0.05, 0) is 86.6 Å². The molecule has 5 rings (SSSR count). The second-order valence-electron chi connectivity index (χ2n) is 10.3. The van der Waals surface area contributed by atoms with E-state index in [9.17, 15) is 14.3 Å². The van der Waals surface area contributed by atoms with E-state index in [1.54, 1.807) is 19.9 Å². The van der Waals surface area contributed by atoms with E-state index in [1.165, 1.54) is 6.07 Å². The topological polar surface area (TPSA) is 94.8 Å². The van der Waals surface area contributed by atoms with E-state index in [2.05, 4.69) is 5.32 Å². The zero-order chi connectivity index (χ0) is 28.8. The Morgan fingerprint density at radius 2 is 2.02 bits per heavy atom. The molecule has 1 amide bonds. The SMILES string of the molecule is Cc1c(F)cc(-c2nn(C3CCCCO3)c3ccc(OCCCNC(=O)OCc4ccccc4)cc23)cc1C(C)O. The van der Waals surface area contributed by atoms with Crippen LogP contribution in [0.25, 0.3) is 22.2 Å². The first-order valence-corrected chi connectivity index (χ1v) is 14.1. The van der Waals surface area contributed by atoms with Gasteiger partial charge in [-0.1, -0.05) is 30.3 Å². The van der Waals surface area contributed by atoms with E-state index in [1.807, 2.05) is 53.2 Å². The molecule has 0 radical (unpaired) electrons. The largest absolute Gasteiger partial charge is 0.494 e. The summed E-state index contributed by atoms with van der Waals surface area (Å²) in [5, 5.41) is 18.7. The molecule has 0 aliphatic carbocycles. The highest BCUT2D eigenvalue weighted by molar-refractivity contribution is 5.94. The summed E-state index contributed by atoms with van der Waals surface area (Å²) in [6.45, 7) is 4.96. The van der Waals surface area contributed by atoms with Crippen molar-refractivity contribution in [3.8, 4) is 17.0 Å². The maximum Gasteiger partial charge on any atom is 0.407 e. The van der Waals surface area contributed by atoms with Crippen LogP contribution in [0.5, 0.6) is 5.75 Å². The molecule has 9 heteroatoms. The van der Waals surface area contributed by atoms with E-state index in [-0.39, 0.29) is 12.8 Å². The number of aliphatic hydroxyl groups excluding tert-OH is 1. The van der Waals surface area contributed by atoms with Crippen LogP contribution in [0.2, 0.25) is 0 Å². The number of aromatic nitrogens is 2. The highest BCUT2D eigenvalue weighted by Crippen LogP contribution is 2.36. The van der Waals surface area contributed by atoms with Crippen LogP contribution in [-0.4, -0.2) is 40.7 Å². The standard InChI is InChI=1S/C32H36FN3O5/c1-21-26(22(2)37)17-24(18-28(21)33)31-27-19-25(12-13-29(27)36(35-31)30-11-6-7-15-40-30)39-16-8-14-34-32(38)41-20-23-9-4-3-5-10-23/h3-5,9-10,12-13,17-19,22,30,37H,6-8,11,14-16,20H2,1-2H3,(H,34,38). The molecule has 1 aliphatic heterocycles. The van der Waals surface area contributed by atoms with Gasteiger partial charge in [-0.25, -0.2) is 13.9 Å². The van der Waals surface area contributed by atoms with E-state index >= 15 is 0 Å². The van der Waals surface area contributed by atoms with Gasteiger partial charge in [-0.2, -0.15) is 5.10 Å². The van der Waals surface area contributed by atoms with Gasteiger partial charge < -0.3 is 24.6 Å². The van der Waals surface area contributed by atoms with Crippen molar-refractivity contribution >= 4 is 17.0 Å². The predicted molar refractivity (Wildman–Crippen MR) is 154 cm³/mol. The number of alkyl carbamates (subject to hydrolysis) is 1. The number of rotatable bonds is 10. The van der Waals surface area contributed by atoms with Crippen molar-refractivity contribution in [3.63, 3.8) is 0 Å². The number of nitrogens with one attached hydrogen (secondary N) is 1. The molecule has 41 heavy (non-hydrogen) atoms. The average Bonchev–Trinajstić information content (AvgIpc) is 3.37. The Labute approximate surface area is 239 Å². The third-order valence-corrected chi connectivity index (χ3v) is 7.29. The van der Waals surface area contributed by atoms with Gasteiger partial charge in [0.05, 0.1) is 18.2 Å². The molecule has 0 saturated carbocycles. The number of hydrogen-bond donors (Lipinski definition) is 2. The van der Waals surface area contributed by atoms with E-state index in [0.29, 0.717) is 54.3 Å². The van der Waals surface area contributed by atoms with Crippen LogP contribution in [0, 0.1) is 12.7 Å². The van der Waals surface area contributed by atoms with Gasteiger partial charge in [0.1, 0.15) is 23.9 Å². The van der Waals surface area contributed by atoms with Gasteiger partial charge in [-0.15, -0.1) is 0 Å². The normalized spacial score (nSPS) is 16.0. The summed E-state index contributed by atoms with van der Waals surface area (Å²) < 4.78 is 34.1. The first-order chi connectivity index (χ1) is 19.9. The maximum atomic E-state index is 14.9. The number of benzene rings is 3. The third-order valence-electron chi connectivity index (χ3n) is 7.29. The van der Waals surface area contributed by atoms with Crippen molar-refractivity contribution in [3.05, 3.63) is 83.2 Å². The molecule has 1 fully saturated rings. The molecule has 3 aromatic carbocycles. The smallest absolute Gasteiger partial charge is 0.407 e. The molecule has 2 atom stereocenters. The zero-order valence-corrected chi connectivity index (χ0v) is 23.4. The van der Waals surface area contributed by atoms with Gasteiger partial charge in [0, 0.05) is 24.1 Å². The Morgan fingerprint density at radius 1 is 1.20 bits per heavy atom. The van der Waals surface area contributed by atoms with Gasteiger partial charge in [-0.3, -0.25) is 0 Å². The zero-order valence-electron chi connectivity index (χ0n) is 23.4. The Morgan fingerprint density at radius 3 is 2.78 bits per heavy atom. The van der Waals surface area contributed by atoms with Crippen molar-refractivity contribution in [1.29, 1.82) is 0 Å². The highest BCUT2D eigenvalue weighted by Gasteiger charge is 2.23. The van der Waals surface area contributed by atoms with E-state index in [0.717, 1.165) is 35.7 Å². The van der Waals surface area contributed by atoms with Crippen LogP contribution in [-0.2, 0) is 16.1 Å². The summed E-state index contributed by atoms with van der Waals surface area (Å²) in [5.74, 6) is 0.245. The van der Waals surface area contributed by atoms with Gasteiger partial charge >= 0.3 is 6.09 Å². The van der Waals surface area contributed by atoms with Crippen molar-refractivity contribution in [1.82, 2.24) is 15.1 Å². The number of fused-ring (bicyclic) bond motifs is 1. The molecule has 0 bridgehead atoms. The lowest BCUT2D eigenvalue weighted by atomic mass is 9.98. The fourth-order valence-corrected chi connectivity index (χ4v) is 5.06. The van der Waals surface area contributed by atoms with Crippen LogP contribution in [0.15, 0.2) is 60.7 Å². The molecule has 1 aliphatic rings. The summed E-state index contributed by atoms with van der Waals surface area (Å²) in [6, 6.07) is 18.5. The second-order valence-corrected chi connectivity index (χ2v) is 10.3. The molecule has 2 heterocycles. The number of nitrogens with zero attached hydrogens (tertiary/aromatic N) is 2. The molecule has 2 N–H and O–H groups in total. The monoisotopic (exact) mass is 561 g/mol. The average molecular weight is 562 g/mol. The molecular weight excluding hydrogens is 525 g/mol. The molecule has 1 saturated heterocycles. The van der Waals surface area contributed by atoms with Crippen molar-refractivity contribution in [2.75, 3.05) is 19.8 Å². The second kappa shape index (κ2) is 13.1. The number of carbonyl (C=O) groups excluding carboxylic acids is 1. The molecule has 4 aromatic rings. The van der Waals surface area contributed by atoms with E-state index < -0.39 is 18.0 Å². The third kappa shape index (κ3) is 6.86. The van der Waals surface area contributed by atoms with Crippen LogP contribution >= 0.6 is 0 Å². The Hall–Kier alpha value is -3.95. The maximum absolute atomic E-state index is 14.9. The minimum atomic E-state index is -0.817. The summed E-state index contributed by atoms with van der Waals surface area (Å²) in [7, 11) is 0. The van der Waals surface area contributed by atoms with Crippen LogP contribution in [0.3, 0.4) is 0 Å². The van der Waals surface area contributed by atoms with Crippen LogP contribution < -0.4 is 10.1 Å². The molecule has 1 aromatic heterocycles. The lowest BCUT2D eigenvalue weighted by molar-refractivity contribution is -0.0365. The number of carbonyl (C=O) groups is 1. The van der Waals surface area contributed by atoms with E-state index in [4.69, 9.17) is 19.3 Å². The summed E-state index contributed by atoms with van der Waals surface area (Å²) in [4.78, 5) is 12.0. The predicted octanol–water partition coefficient (Wildman–Crippen LogP) is 6.60. The summed E-state index contributed by atoms with van der Waals surface area (Å²) in [5.41, 5.74) is 3.92. The molecule has 216 valence electrons. The fraction of sp³-hybridized carbons (Fsp3) is 0.375. The van der Waals surface area contributed by atoms with Crippen LogP contribution in [0.1, 0.15) is 61.6 Å². The van der Waals surface area contributed by atoms with Crippen LogP contribution in [0.4, 0.5) is 9.18 Å². The molecular formula is C32H36FN3O5. The molecule has 2 unspecified atom stereocenters. The minimum Gasteiger partial charge on any atom is -0.494 e. The van der Waals surface area contributed by atoms with Gasteiger partial charge in [0.15, 0.2) is 6.23 Å². The Kier molecular flexibility index (Phi) is 9.16. The number of amides is 1. The molecule has 0 spiro atoms. The highest BCUT2D eigenvalue weighted by atomic mass is 19.1. The minimum absolute atomic E-state index is 0.203.